The summed E-state index contributed by atoms with van der Waals surface area (Å²) in [6.45, 7) is 4.68. The van der Waals surface area contributed by atoms with Crippen molar-refractivity contribution in [2.45, 2.75) is 44.9 Å². The number of thiazole rings is 1. The zero-order valence-corrected chi connectivity index (χ0v) is 16.3. The van der Waals surface area contributed by atoms with Gasteiger partial charge in [-0.15, -0.1) is 0 Å². The van der Waals surface area contributed by atoms with Crippen molar-refractivity contribution in [3.8, 4) is 5.75 Å². The van der Waals surface area contributed by atoms with E-state index in [0.29, 0.717) is 23.1 Å². The number of pyridine rings is 1. The fourth-order valence-corrected chi connectivity index (χ4v) is 4.87. The van der Waals surface area contributed by atoms with Gasteiger partial charge in [-0.1, -0.05) is 11.3 Å². The average Bonchev–Trinajstić information content (AvgIpc) is 3.22. The topological polar surface area (TPSA) is 79.4 Å². The van der Waals surface area contributed by atoms with E-state index in [-0.39, 0.29) is 17.6 Å². The highest BCUT2D eigenvalue weighted by Gasteiger charge is 2.48. The van der Waals surface area contributed by atoms with E-state index in [2.05, 4.69) is 32.4 Å². The second-order valence-corrected chi connectivity index (χ2v) is 8.35. The van der Waals surface area contributed by atoms with Gasteiger partial charge in [-0.3, -0.25) is 9.69 Å². The van der Waals surface area contributed by atoms with E-state index in [0.717, 1.165) is 30.0 Å². The zero-order valence-electron chi connectivity index (χ0n) is 15.5. The molecule has 4 rings (SSSR count). The Morgan fingerprint density at radius 2 is 2.37 bits per heavy atom. The molecule has 2 aromatic heterocycles. The molecule has 1 amide bonds. The molecule has 0 radical (unpaired) electrons. The summed E-state index contributed by atoms with van der Waals surface area (Å²) >= 11 is 1.18. The van der Waals surface area contributed by atoms with Gasteiger partial charge < -0.3 is 15.4 Å². The number of nitrogens with one attached hydrogen (secondary N) is 2. The molecule has 0 unspecified atom stereocenters. The number of hydrogen-bond donors (Lipinski definition) is 2. The average molecular weight is 391 g/mol. The summed E-state index contributed by atoms with van der Waals surface area (Å²) < 4.78 is 20.5. The van der Waals surface area contributed by atoms with Crippen LogP contribution in [0.25, 0.3) is 0 Å². The number of nitrogens with zero attached hydrogens (tertiary/aromatic N) is 3. The minimum absolute atomic E-state index is 0.252. The summed E-state index contributed by atoms with van der Waals surface area (Å²) in [5, 5.41) is 5.90. The van der Waals surface area contributed by atoms with Crippen molar-refractivity contribution >= 4 is 28.2 Å². The number of aromatic nitrogens is 2. The lowest BCUT2D eigenvalue weighted by atomic mass is 9.95. The van der Waals surface area contributed by atoms with E-state index < -0.39 is 5.95 Å². The van der Waals surface area contributed by atoms with Crippen LogP contribution in [-0.4, -0.2) is 46.0 Å². The maximum Gasteiger partial charge on any atom is 0.230 e. The van der Waals surface area contributed by atoms with Crippen LogP contribution in [0.5, 0.6) is 5.75 Å². The van der Waals surface area contributed by atoms with Gasteiger partial charge in [-0.25, -0.2) is 4.98 Å². The Morgan fingerprint density at radius 1 is 1.56 bits per heavy atom. The predicted octanol–water partition coefficient (Wildman–Crippen LogP) is 2.65. The number of ether oxygens (including phenoxy) is 1. The van der Waals surface area contributed by atoms with Crippen LogP contribution >= 0.6 is 11.3 Å². The molecular formula is C18H22FN5O2S. The monoisotopic (exact) mass is 391 g/mol. The van der Waals surface area contributed by atoms with Gasteiger partial charge in [0.15, 0.2) is 5.13 Å². The first kappa shape index (κ1) is 18.1. The van der Waals surface area contributed by atoms with E-state index >= 15 is 0 Å². The Labute approximate surface area is 161 Å². The molecule has 0 saturated carbocycles. The third-order valence-corrected chi connectivity index (χ3v) is 6.04. The Bertz CT molecular complexity index is 889. The van der Waals surface area contributed by atoms with Gasteiger partial charge in [0.05, 0.1) is 11.1 Å². The lowest BCUT2D eigenvalue weighted by Gasteiger charge is -2.23. The Hall–Kier alpha value is -2.26. The van der Waals surface area contributed by atoms with Crippen LogP contribution in [0.15, 0.2) is 12.3 Å². The molecule has 0 bridgehead atoms. The number of likely N-dealkylation sites (tertiary alicyclic amines) is 1. The number of rotatable bonds is 4. The Kier molecular flexibility index (Phi) is 4.51. The largest absolute Gasteiger partial charge is 0.484 e. The van der Waals surface area contributed by atoms with Gasteiger partial charge in [0.25, 0.3) is 0 Å². The van der Waals surface area contributed by atoms with Crippen LogP contribution in [0.4, 0.5) is 15.3 Å². The van der Waals surface area contributed by atoms with Crippen LogP contribution < -0.4 is 15.4 Å². The summed E-state index contributed by atoms with van der Waals surface area (Å²) in [6, 6.07) is 2.28. The number of halogens is 1. The molecular weight excluding hydrogens is 369 g/mol. The van der Waals surface area contributed by atoms with Crippen LogP contribution in [0, 0.1) is 5.95 Å². The van der Waals surface area contributed by atoms with Crippen LogP contribution in [0.3, 0.4) is 0 Å². The van der Waals surface area contributed by atoms with Gasteiger partial charge >= 0.3 is 0 Å². The number of anilines is 2. The summed E-state index contributed by atoms with van der Waals surface area (Å²) in [7, 11) is 1.85. The number of carbonyl (C=O) groups is 1. The zero-order chi connectivity index (χ0) is 19.2. The summed E-state index contributed by atoms with van der Waals surface area (Å²) in [4.78, 5) is 22.0. The van der Waals surface area contributed by atoms with Crippen LogP contribution in [0.2, 0.25) is 0 Å². The molecule has 2 aliphatic heterocycles. The lowest BCUT2D eigenvalue weighted by Crippen LogP contribution is -2.37. The molecule has 2 atom stereocenters. The lowest BCUT2D eigenvalue weighted by molar-refractivity contribution is -0.114. The second kappa shape index (κ2) is 6.72. The quantitative estimate of drug-likeness (QED) is 0.834. The minimum Gasteiger partial charge on any atom is -0.484 e. The molecule has 7 nitrogen and oxygen atoms in total. The number of amides is 1. The highest BCUT2D eigenvalue weighted by Crippen LogP contribution is 2.43. The first-order chi connectivity index (χ1) is 12.9. The summed E-state index contributed by atoms with van der Waals surface area (Å²) in [5.74, 6) is 0.889. The third-order valence-electron chi connectivity index (χ3n) is 5.10. The third kappa shape index (κ3) is 3.49. The normalized spacial score (nSPS) is 24.1. The molecule has 2 aliphatic rings. The van der Waals surface area contributed by atoms with Gasteiger partial charge in [0, 0.05) is 51.5 Å². The molecule has 0 aliphatic carbocycles. The molecule has 9 heteroatoms. The molecule has 2 aromatic rings. The van der Waals surface area contributed by atoms with E-state index in [1.54, 1.807) is 6.20 Å². The molecule has 1 fully saturated rings. The van der Waals surface area contributed by atoms with E-state index in [1.807, 2.05) is 13.1 Å². The van der Waals surface area contributed by atoms with E-state index in [4.69, 9.17) is 4.74 Å². The predicted molar refractivity (Wildman–Crippen MR) is 102 cm³/mol. The maximum atomic E-state index is 14.2. The van der Waals surface area contributed by atoms with Crippen molar-refractivity contribution in [3.05, 3.63) is 28.7 Å². The fourth-order valence-electron chi connectivity index (χ4n) is 3.96. The molecule has 4 heterocycles. The fraction of sp³-hybridized carbons (Fsp3) is 0.500. The number of carbonyl (C=O) groups excluding carboxylic acids is 1. The highest BCUT2D eigenvalue weighted by molar-refractivity contribution is 7.15. The molecule has 27 heavy (non-hydrogen) atoms. The standard InChI is InChI=1S/C18H22FN5O2S/c1-10-5-18(6-12-4-15(20-3)21-7-13(12)26-18)9-24(10)8-14-16(19)23-17(27-14)22-11(2)25/h4,7,10H,5-6,8-9H2,1-3H3,(H,20,21)(H,22,23,25)/t10-,18-/m0/s1. The van der Waals surface area contributed by atoms with Crippen molar-refractivity contribution in [2.75, 3.05) is 24.2 Å². The van der Waals surface area contributed by atoms with Crippen LogP contribution in [0.1, 0.15) is 30.7 Å². The molecule has 144 valence electrons. The number of fused-ring (bicyclic) bond motifs is 1. The van der Waals surface area contributed by atoms with Gasteiger partial charge in [-0.2, -0.15) is 9.37 Å². The Morgan fingerprint density at radius 3 is 3.11 bits per heavy atom. The summed E-state index contributed by atoms with van der Waals surface area (Å²) in [6.07, 6.45) is 3.46. The van der Waals surface area contributed by atoms with Crippen molar-refractivity contribution in [3.63, 3.8) is 0 Å². The van der Waals surface area contributed by atoms with Gasteiger partial charge in [0.1, 0.15) is 17.2 Å². The second-order valence-electron chi connectivity index (χ2n) is 7.26. The minimum atomic E-state index is -0.518. The smallest absolute Gasteiger partial charge is 0.230 e. The van der Waals surface area contributed by atoms with Crippen molar-refractivity contribution in [2.24, 2.45) is 0 Å². The van der Waals surface area contributed by atoms with Crippen LogP contribution in [-0.2, 0) is 17.8 Å². The van der Waals surface area contributed by atoms with Gasteiger partial charge in [-0.05, 0) is 13.0 Å². The molecule has 0 aromatic carbocycles. The van der Waals surface area contributed by atoms with E-state index in [1.165, 1.54) is 18.3 Å². The van der Waals surface area contributed by atoms with Crippen molar-refractivity contribution in [1.82, 2.24) is 14.9 Å². The van der Waals surface area contributed by atoms with Crippen molar-refractivity contribution < 1.29 is 13.9 Å². The van der Waals surface area contributed by atoms with Crippen molar-refractivity contribution in [1.29, 1.82) is 0 Å². The molecule has 2 N–H and O–H groups in total. The first-order valence-electron chi connectivity index (χ1n) is 8.90. The first-order valence-corrected chi connectivity index (χ1v) is 9.72. The maximum absolute atomic E-state index is 14.2. The van der Waals surface area contributed by atoms with Gasteiger partial charge in [0.2, 0.25) is 11.9 Å². The highest BCUT2D eigenvalue weighted by atomic mass is 32.1. The van der Waals surface area contributed by atoms with E-state index in [9.17, 15) is 9.18 Å². The molecule has 1 saturated heterocycles. The molecule has 1 spiro atoms. The number of hydrogen-bond acceptors (Lipinski definition) is 7. The summed E-state index contributed by atoms with van der Waals surface area (Å²) in [5.41, 5.74) is 0.859. The SMILES string of the molecule is CNc1cc2c(cn1)O[C@]1(C2)C[C@H](C)N(Cc2sc(NC(C)=O)nc2F)C1. The Balaban J connectivity index is 1.48.